The molecule has 1 amide bonds. The van der Waals surface area contributed by atoms with Crippen molar-refractivity contribution in [1.29, 1.82) is 0 Å². The smallest absolute Gasteiger partial charge is 0.267 e. The molecule has 1 aromatic carbocycles. The van der Waals surface area contributed by atoms with Crippen molar-refractivity contribution in [3.63, 3.8) is 0 Å². The Morgan fingerprint density at radius 1 is 1.35 bits per heavy atom. The van der Waals surface area contributed by atoms with Crippen LogP contribution >= 0.6 is 34.5 Å². The Morgan fingerprint density at radius 3 is 2.90 bits per heavy atom. The molecule has 0 unspecified atom stereocenters. The summed E-state index contributed by atoms with van der Waals surface area (Å²) < 4.78 is 0. The van der Waals surface area contributed by atoms with Crippen molar-refractivity contribution < 1.29 is 9.90 Å². The van der Waals surface area contributed by atoms with Gasteiger partial charge in [0.2, 0.25) is 0 Å². The summed E-state index contributed by atoms with van der Waals surface area (Å²) in [6, 6.07) is 6.56. The first-order valence-electron chi connectivity index (χ1n) is 5.55. The van der Waals surface area contributed by atoms with E-state index in [1.54, 1.807) is 29.6 Å². The number of thiophene rings is 1. The van der Waals surface area contributed by atoms with E-state index in [0.717, 1.165) is 0 Å². The van der Waals surface area contributed by atoms with E-state index in [-0.39, 0.29) is 12.5 Å². The Morgan fingerprint density at radius 2 is 2.15 bits per heavy atom. The van der Waals surface area contributed by atoms with Crippen LogP contribution in [-0.4, -0.2) is 17.6 Å². The zero-order valence-electron chi connectivity index (χ0n) is 10.1. The van der Waals surface area contributed by atoms with Crippen LogP contribution in [0.15, 0.2) is 29.6 Å². The van der Waals surface area contributed by atoms with Gasteiger partial charge >= 0.3 is 0 Å². The summed E-state index contributed by atoms with van der Waals surface area (Å²) in [6.07, 6.45) is 0. The zero-order valence-corrected chi connectivity index (χ0v) is 12.4. The van der Waals surface area contributed by atoms with Gasteiger partial charge in [-0.05, 0) is 29.6 Å². The SMILES string of the molecule is O=C(Nc1cc(Cl)ccc1Cl)c1sccc1C#CCO. The van der Waals surface area contributed by atoms with E-state index in [1.807, 2.05) is 0 Å². The van der Waals surface area contributed by atoms with Gasteiger partial charge in [0.25, 0.3) is 5.91 Å². The van der Waals surface area contributed by atoms with Crippen LogP contribution in [-0.2, 0) is 0 Å². The number of aliphatic hydroxyl groups is 1. The molecule has 0 saturated carbocycles. The molecular weight excluding hydrogens is 317 g/mol. The maximum atomic E-state index is 12.2. The molecule has 2 aromatic rings. The van der Waals surface area contributed by atoms with E-state index < -0.39 is 0 Å². The van der Waals surface area contributed by atoms with Gasteiger partial charge in [-0.3, -0.25) is 4.79 Å². The number of hydrogen-bond acceptors (Lipinski definition) is 3. The molecule has 0 aliphatic heterocycles. The Kier molecular flexibility index (Phi) is 5.05. The molecule has 0 aliphatic carbocycles. The summed E-state index contributed by atoms with van der Waals surface area (Å²) in [6.45, 7) is -0.253. The van der Waals surface area contributed by atoms with Crippen molar-refractivity contribution in [3.05, 3.63) is 50.1 Å². The largest absolute Gasteiger partial charge is 0.384 e. The predicted octanol–water partition coefficient (Wildman–Crippen LogP) is 3.65. The van der Waals surface area contributed by atoms with Crippen molar-refractivity contribution >= 4 is 46.1 Å². The minimum absolute atomic E-state index is 0.253. The van der Waals surface area contributed by atoms with Crippen molar-refractivity contribution in [2.24, 2.45) is 0 Å². The summed E-state index contributed by atoms with van der Waals surface area (Å²) in [5.41, 5.74) is 1.01. The third-order valence-electron chi connectivity index (χ3n) is 2.35. The van der Waals surface area contributed by atoms with E-state index in [1.165, 1.54) is 11.3 Å². The van der Waals surface area contributed by atoms with Crippen LogP contribution in [0, 0.1) is 11.8 Å². The van der Waals surface area contributed by atoms with Crippen molar-refractivity contribution in [1.82, 2.24) is 0 Å². The Bertz CT molecular complexity index is 701. The Labute approximate surface area is 130 Å². The summed E-state index contributed by atoms with van der Waals surface area (Å²) in [4.78, 5) is 12.7. The number of rotatable bonds is 2. The van der Waals surface area contributed by atoms with Crippen LogP contribution in [0.4, 0.5) is 5.69 Å². The fourth-order valence-electron chi connectivity index (χ4n) is 1.49. The maximum absolute atomic E-state index is 12.2. The fraction of sp³-hybridized carbons (Fsp3) is 0.0714. The summed E-state index contributed by atoms with van der Waals surface area (Å²) in [5, 5.41) is 14.0. The second kappa shape index (κ2) is 6.78. The van der Waals surface area contributed by atoms with Crippen LogP contribution in [0.2, 0.25) is 10.0 Å². The van der Waals surface area contributed by atoms with Gasteiger partial charge in [-0.15, -0.1) is 11.3 Å². The van der Waals surface area contributed by atoms with E-state index in [4.69, 9.17) is 28.3 Å². The van der Waals surface area contributed by atoms with E-state index in [2.05, 4.69) is 17.2 Å². The number of nitrogens with one attached hydrogen (secondary N) is 1. The molecule has 1 aromatic heterocycles. The van der Waals surface area contributed by atoms with Gasteiger partial charge in [-0.1, -0.05) is 35.0 Å². The third kappa shape index (κ3) is 3.53. The highest BCUT2D eigenvalue weighted by Gasteiger charge is 2.13. The van der Waals surface area contributed by atoms with E-state index >= 15 is 0 Å². The minimum Gasteiger partial charge on any atom is -0.384 e. The molecule has 0 bridgehead atoms. The quantitative estimate of drug-likeness (QED) is 0.828. The van der Waals surface area contributed by atoms with Gasteiger partial charge in [-0.2, -0.15) is 0 Å². The van der Waals surface area contributed by atoms with E-state index in [9.17, 15) is 4.79 Å². The van der Waals surface area contributed by atoms with Crippen LogP contribution in [0.3, 0.4) is 0 Å². The first kappa shape index (κ1) is 14.9. The standard InChI is InChI=1S/C14H9Cl2NO2S/c15-10-3-4-11(16)12(8-10)17-14(19)13-9(2-1-6-18)5-7-20-13/h3-5,7-8,18H,6H2,(H,17,19). The average Bonchev–Trinajstić information content (AvgIpc) is 2.89. The molecule has 0 atom stereocenters. The molecule has 2 N–H and O–H groups in total. The summed E-state index contributed by atoms with van der Waals surface area (Å²) >= 11 is 13.1. The molecule has 102 valence electrons. The van der Waals surface area contributed by atoms with Gasteiger partial charge in [0.05, 0.1) is 10.7 Å². The molecule has 1 heterocycles. The van der Waals surface area contributed by atoms with Gasteiger partial charge in [-0.25, -0.2) is 0 Å². The van der Waals surface area contributed by atoms with Crippen molar-refractivity contribution in [2.45, 2.75) is 0 Å². The molecule has 0 radical (unpaired) electrons. The van der Waals surface area contributed by atoms with Crippen LogP contribution < -0.4 is 5.32 Å². The normalized spacial score (nSPS) is 9.75. The molecule has 0 saturated heterocycles. The molecule has 0 fully saturated rings. The van der Waals surface area contributed by atoms with Crippen molar-refractivity contribution in [2.75, 3.05) is 11.9 Å². The molecular formula is C14H9Cl2NO2S. The fourth-order valence-corrected chi connectivity index (χ4v) is 2.57. The second-order valence-corrected chi connectivity index (χ2v) is 5.46. The number of anilines is 1. The highest BCUT2D eigenvalue weighted by molar-refractivity contribution is 7.12. The lowest BCUT2D eigenvalue weighted by Crippen LogP contribution is -2.11. The third-order valence-corrected chi connectivity index (χ3v) is 3.83. The number of amides is 1. The molecule has 0 spiro atoms. The minimum atomic E-state index is -0.314. The summed E-state index contributed by atoms with van der Waals surface area (Å²) in [7, 11) is 0. The van der Waals surface area contributed by atoms with Crippen LogP contribution in [0.25, 0.3) is 0 Å². The lowest BCUT2D eigenvalue weighted by Gasteiger charge is -2.06. The lowest BCUT2D eigenvalue weighted by molar-refractivity contribution is 0.103. The van der Waals surface area contributed by atoms with Crippen LogP contribution in [0.5, 0.6) is 0 Å². The first-order chi connectivity index (χ1) is 9.61. The first-order valence-corrected chi connectivity index (χ1v) is 7.19. The number of halogens is 2. The Balaban J connectivity index is 2.24. The topological polar surface area (TPSA) is 49.3 Å². The predicted molar refractivity (Wildman–Crippen MR) is 82.7 cm³/mol. The molecule has 2 rings (SSSR count). The molecule has 3 nitrogen and oxygen atoms in total. The van der Waals surface area contributed by atoms with Gasteiger partial charge < -0.3 is 10.4 Å². The monoisotopic (exact) mass is 325 g/mol. The number of aliphatic hydroxyl groups excluding tert-OH is 1. The Hall–Kier alpha value is -1.51. The second-order valence-electron chi connectivity index (χ2n) is 3.70. The number of hydrogen-bond donors (Lipinski definition) is 2. The van der Waals surface area contributed by atoms with E-state index in [0.29, 0.717) is 26.2 Å². The molecule has 6 heteroatoms. The number of carbonyl (C=O) groups is 1. The summed E-state index contributed by atoms with van der Waals surface area (Å²) in [5.74, 6) is 4.93. The molecule has 20 heavy (non-hydrogen) atoms. The number of carbonyl (C=O) groups excluding carboxylic acids is 1. The lowest BCUT2D eigenvalue weighted by atomic mass is 10.2. The average molecular weight is 326 g/mol. The van der Waals surface area contributed by atoms with Crippen molar-refractivity contribution in [3.8, 4) is 11.8 Å². The van der Waals surface area contributed by atoms with Gasteiger partial charge in [0.1, 0.15) is 11.5 Å². The highest BCUT2D eigenvalue weighted by atomic mass is 35.5. The maximum Gasteiger partial charge on any atom is 0.267 e. The van der Waals surface area contributed by atoms with Gasteiger partial charge in [0.15, 0.2) is 0 Å². The highest BCUT2D eigenvalue weighted by Crippen LogP contribution is 2.27. The zero-order chi connectivity index (χ0) is 14.5. The number of benzene rings is 1. The van der Waals surface area contributed by atoms with Crippen LogP contribution in [0.1, 0.15) is 15.2 Å². The van der Waals surface area contributed by atoms with Gasteiger partial charge in [0, 0.05) is 10.6 Å². The molecule has 0 aliphatic rings.